The Morgan fingerprint density at radius 1 is 0.875 bits per heavy atom. The molecule has 2 N–H and O–H groups in total. The summed E-state index contributed by atoms with van der Waals surface area (Å²) in [7, 11) is 0. The molecule has 7 nitrogen and oxygen atoms in total. The fourth-order valence-corrected chi connectivity index (χ4v) is 2.93. The van der Waals surface area contributed by atoms with Gasteiger partial charge in [0.2, 0.25) is 0 Å². The Hall–Kier alpha value is -3.84. The predicted molar refractivity (Wildman–Crippen MR) is 121 cm³/mol. The van der Waals surface area contributed by atoms with Gasteiger partial charge in [-0.15, -0.1) is 0 Å². The summed E-state index contributed by atoms with van der Waals surface area (Å²) in [4.78, 5) is 35.9. The fraction of sp³-hybridized carbons (Fsp3) is 0.125. The molecule has 0 aliphatic heterocycles. The van der Waals surface area contributed by atoms with Crippen molar-refractivity contribution < 1.29 is 23.9 Å². The van der Waals surface area contributed by atoms with Crippen molar-refractivity contribution in [1.29, 1.82) is 0 Å². The molecule has 0 radical (unpaired) electrons. The summed E-state index contributed by atoms with van der Waals surface area (Å²) in [5, 5.41) is 6.11. The van der Waals surface area contributed by atoms with Crippen molar-refractivity contribution >= 4 is 35.3 Å². The smallest absolute Gasteiger partial charge is 0.434 e. The monoisotopic (exact) mass is 452 g/mol. The molecule has 0 heterocycles. The Bertz CT molecular complexity index is 1100. The molecule has 0 aliphatic carbocycles. The first-order chi connectivity index (χ1) is 15.4. The lowest BCUT2D eigenvalue weighted by Crippen LogP contribution is -2.22. The van der Waals surface area contributed by atoms with E-state index in [9.17, 15) is 14.4 Å². The highest BCUT2D eigenvalue weighted by Crippen LogP contribution is 2.15. The molecule has 0 aromatic heterocycles. The van der Waals surface area contributed by atoms with Crippen LogP contribution in [0.5, 0.6) is 5.75 Å². The normalized spacial score (nSPS) is 10.2. The maximum Gasteiger partial charge on any atom is 0.513 e. The largest absolute Gasteiger partial charge is 0.513 e. The van der Waals surface area contributed by atoms with Crippen LogP contribution in [0, 0.1) is 0 Å². The zero-order valence-electron chi connectivity index (χ0n) is 17.3. The Morgan fingerprint density at radius 3 is 2.25 bits per heavy atom. The number of hydrogen-bond acceptors (Lipinski definition) is 5. The van der Waals surface area contributed by atoms with Gasteiger partial charge in [0.25, 0.3) is 11.8 Å². The molecule has 0 saturated carbocycles. The second-order valence-electron chi connectivity index (χ2n) is 6.65. The number of rotatable bonds is 7. The first-order valence-electron chi connectivity index (χ1n) is 9.83. The first-order valence-corrected chi connectivity index (χ1v) is 10.2. The summed E-state index contributed by atoms with van der Waals surface area (Å²) in [6.07, 6.45) is -0.795. The molecule has 2 amide bonds. The lowest BCUT2D eigenvalue weighted by atomic mass is 10.1. The molecule has 8 heteroatoms. The van der Waals surface area contributed by atoms with Crippen molar-refractivity contribution in [3.8, 4) is 5.75 Å². The number of carbonyl (C=O) groups excluding carboxylic acids is 3. The number of hydrogen-bond donors (Lipinski definition) is 2. The quantitative estimate of drug-likeness (QED) is 0.386. The molecule has 32 heavy (non-hydrogen) atoms. The van der Waals surface area contributed by atoms with Gasteiger partial charge in [-0.05, 0) is 67.1 Å². The summed E-state index contributed by atoms with van der Waals surface area (Å²) in [6.45, 7) is 2.20. The van der Waals surface area contributed by atoms with Gasteiger partial charge in [-0.25, -0.2) is 4.79 Å². The summed E-state index contributed by atoms with van der Waals surface area (Å²) in [5.41, 5.74) is 2.38. The topological polar surface area (TPSA) is 93.7 Å². The van der Waals surface area contributed by atoms with Gasteiger partial charge in [-0.3, -0.25) is 9.59 Å². The van der Waals surface area contributed by atoms with Crippen molar-refractivity contribution in [3.05, 3.63) is 94.5 Å². The third-order valence-corrected chi connectivity index (χ3v) is 4.57. The van der Waals surface area contributed by atoms with Crippen molar-refractivity contribution in [1.82, 2.24) is 5.32 Å². The number of anilines is 1. The van der Waals surface area contributed by atoms with E-state index in [1.165, 1.54) is 12.1 Å². The number of halogens is 1. The van der Waals surface area contributed by atoms with Crippen LogP contribution in [0.1, 0.15) is 33.2 Å². The summed E-state index contributed by atoms with van der Waals surface area (Å²) >= 11 is 5.92. The molecule has 164 valence electrons. The highest BCUT2D eigenvalue weighted by molar-refractivity contribution is 6.31. The van der Waals surface area contributed by atoms with Gasteiger partial charge in [-0.2, -0.15) is 0 Å². The average Bonchev–Trinajstić information content (AvgIpc) is 2.79. The van der Waals surface area contributed by atoms with Crippen LogP contribution in [0.3, 0.4) is 0 Å². The summed E-state index contributed by atoms with van der Waals surface area (Å²) in [5.74, 6) is -0.245. The van der Waals surface area contributed by atoms with E-state index in [1.54, 1.807) is 55.5 Å². The van der Waals surface area contributed by atoms with E-state index >= 15 is 0 Å². The Labute approximate surface area is 190 Å². The molecule has 0 atom stereocenters. The van der Waals surface area contributed by atoms with Gasteiger partial charge in [-0.1, -0.05) is 29.8 Å². The average molecular weight is 453 g/mol. The van der Waals surface area contributed by atoms with E-state index < -0.39 is 6.16 Å². The summed E-state index contributed by atoms with van der Waals surface area (Å²) in [6, 6.07) is 20.0. The van der Waals surface area contributed by atoms with Gasteiger partial charge in [0.15, 0.2) is 0 Å². The zero-order valence-corrected chi connectivity index (χ0v) is 18.0. The van der Waals surface area contributed by atoms with E-state index in [0.29, 0.717) is 28.4 Å². The number of nitrogens with one attached hydrogen (secondary N) is 2. The number of ether oxygens (including phenoxy) is 2. The minimum absolute atomic E-state index is 0.217. The molecule has 0 bridgehead atoms. The lowest BCUT2D eigenvalue weighted by Gasteiger charge is -2.09. The minimum atomic E-state index is -0.795. The molecule has 0 spiro atoms. The van der Waals surface area contributed by atoms with Crippen LogP contribution >= 0.6 is 11.6 Å². The van der Waals surface area contributed by atoms with Crippen LogP contribution in [0.15, 0.2) is 72.8 Å². The van der Waals surface area contributed by atoms with E-state index in [4.69, 9.17) is 21.1 Å². The molecule has 3 aromatic carbocycles. The molecule has 0 fully saturated rings. The maximum absolute atomic E-state index is 12.3. The SMILES string of the molecule is CCOC(=O)Oc1ccc(C(=O)NCc2ccc(NC(=O)c3cccc(Cl)c3)cc2)cc1. The van der Waals surface area contributed by atoms with E-state index in [-0.39, 0.29) is 24.2 Å². The maximum atomic E-state index is 12.3. The lowest BCUT2D eigenvalue weighted by molar-refractivity contribution is 0.0950. The van der Waals surface area contributed by atoms with Crippen molar-refractivity contribution in [2.24, 2.45) is 0 Å². The molecule has 3 aromatic rings. The van der Waals surface area contributed by atoms with Crippen molar-refractivity contribution in [3.63, 3.8) is 0 Å². The molecular formula is C24H21ClN2O5. The number of benzene rings is 3. The molecular weight excluding hydrogens is 432 g/mol. The van der Waals surface area contributed by atoms with Crippen molar-refractivity contribution in [2.45, 2.75) is 13.5 Å². The Morgan fingerprint density at radius 2 is 1.59 bits per heavy atom. The van der Waals surface area contributed by atoms with Crippen LogP contribution in [-0.2, 0) is 11.3 Å². The van der Waals surface area contributed by atoms with Gasteiger partial charge >= 0.3 is 6.16 Å². The highest BCUT2D eigenvalue weighted by atomic mass is 35.5. The van der Waals surface area contributed by atoms with Crippen LogP contribution in [-0.4, -0.2) is 24.6 Å². The molecule has 3 rings (SSSR count). The van der Waals surface area contributed by atoms with Gasteiger partial charge < -0.3 is 20.1 Å². The zero-order chi connectivity index (χ0) is 22.9. The second kappa shape index (κ2) is 11.0. The van der Waals surface area contributed by atoms with Crippen LogP contribution in [0.2, 0.25) is 5.02 Å². The number of amides is 2. The van der Waals surface area contributed by atoms with E-state index in [0.717, 1.165) is 5.56 Å². The summed E-state index contributed by atoms with van der Waals surface area (Å²) < 4.78 is 9.66. The Balaban J connectivity index is 1.50. The standard InChI is InChI=1S/C24H21ClN2O5/c1-2-31-24(30)32-21-12-8-17(9-13-21)22(28)26-15-16-6-10-20(11-7-16)27-23(29)18-4-3-5-19(25)14-18/h3-14H,2,15H2,1H3,(H,26,28)(H,27,29). The van der Waals surface area contributed by atoms with Crippen LogP contribution in [0.25, 0.3) is 0 Å². The predicted octanol–water partition coefficient (Wildman–Crippen LogP) is 5.06. The van der Waals surface area contributed by atoms with Crippen molar-refractivity contribution in [2.75, 3.05) is 11.9 Å². The molecule has 0 unspecified atom stereocenters. The van der Waals surface area contributed by atoms with Gasteiger partial charge in [0.1, 0.15) is 5.75 Å². The molecule has 0 saturated heterocycles. The third kappa shape index (κ3) is 6.58. The van der Waals surface area contributed by atoms with E-state index in [1.807, 2.05) is 12.1 Å². The minimum Gasteiger partial charge on any atom is -0.434 e. The van der Waals surface area contributed by atoms with Gasteiger partial charge in [0, 0.05) is 28.4 Å². The number of carbonyl (C=O) groups is 3. The Kier molecular flexibility index (Phi) is 7.83. The first kappa shape index (κ1) is 22.8. The van der Waals surface area contributed by atoms with Crippen LogP contribution in [0.4, 0.5) is 10.5 Å². The second-order valence-corrected chi connectivity index (χ2v) is 7.09. The third-order valence-electron chi connectivity index (χ3n) is 4.33. The molecule has 0 aliphatic rings. The van der Waals surface area contributed by atoms with Crippen LogP contribution < -0.4 is 15.4 Å². The van der Waals surface area contributed by atoms with E-state index in [2.05, 4.69) is 10.6 Å². The van der Waals surface area contributed by atoms with Gasteiger partial charge in [0.05, 0.1) is 6.61 Å². The highest BCUT2D eigenvalue weighted by Gasteiger charge is 2.09. The fourth-order valence-electron chi connectivity index (χ4n) is 2.74.